The number of nitriles is 1. The van der Waals surface area contributed by atoms with E-state index in [4.69, 9.17) is 5.26 Å². The maximum Gasteiger partial charge on any atom is 0.137 e. The molecule has 0 amide bonds. The second-order valence-electron chi connectivity index (χ2n) is 8.75. The second kappa shape index (κ2) is 7.41. The van der Waals surface area contributed by atoms with Crippen molar-refractivity contribution < 1.29 is 0 Å². The summed E-state index contributed by atoms with van der Waals surface area (Å²) >= 11 is 0. The van der Waals surface area contributed by atoms with Crippen LogP contribution in [0, 0.1) is 23.2 Å². The van der Waals surface area contributed by atoms with E-state index >= 15 is 0 Å². The van der Waals surface area contributed by atoms with E-state index in [9.17, 15) is 0 Å². The summed E-state index contributed by atoms with van der Waals surface area (Å²) in [6.07, 6.45) is 5.66. The fourth-order valence-electron chi connectivity index (χ4n) is 3.83. The van der Waals surface area contributed by atoms with Crippen LogP contribution in [-0.2, 0) is 5.54 Å². The molecule has 32 heavy (non-hydrogen) atoms. The summed E-state index contributed by atoms with van der Waals surface area (Å²) in [5.41, 5.74) is 7.25. The number of fused-ring (bicyclic) bond motifs is 2. The van der Waals surface area contributed by atoms with Gasteiger partial charge >= 0.3 is 0 Å². The zero-order valence-electron chi connectivity index (χ0n) is 18.1. The normalized spacial score (nSPS) is 11.3. The summed E-state index contributed by atoms with van der Waals surface area (Å²) in [6.45, 7) is 6.52. The lowest BCUT2D eigenvalue weighted by atomic mass is 10.0. The monoisotopic (exact) mass is 415 g/mol. The van der Waals surface area contributed by atoms with Crippen molar-refractivity contribution >= 4 is 22.1 Å². The van der Waals surface area contributed by atoms with Gasteiger partial charge in [-0.25, -0.2) is 9.97 Å². The predicted molar refractivity (Wildman–Crippen MR) is 127 cm³/mol. The van der Waals surface area contributed by atoms with E-state index in [1.807, 2.05) is 24.7 Å². The number of hydrogen-bond acceptors (Lipinski definition) is 3. The van der Waals surface area contributed by atoms with E-state index in [0.29, 0.717) is 5.56 Å². The van der Waals surface area contributed by atoms with Crippen LogP contribution in [0.4, 0.5) is 0 Å². The first-order chi connectivity index (χ1) is 15.4. The molecule has 0 aliphatic rings. The van der Waals surface area contributed by atoms with Crippen LogP contribution in [0.2, 0.25) is 0 Å². The van der Waals surface area contributed by atoms with Crippen LogP contribution in [0.25, 0.3) is 33.2 Å². The number of aromatic nitrogens is 4. The fourth-order valence-corrected chi connectivity index (χ4v) is 3.83. The molecule has 0 aliphatic carbocycles. The van der Waals surface area contributed by atoms with E-state index in [2.05, 4.69) is 82.5 Å². The van der Waals surface area contributed by atoms with Crippen molar-refractivity contribution in [3.63, 3.8) is 0 Å². The van der Waals surface area contributed by atoms with Crippen molar-refractivity contribution in [1.82, 2.24) is 19.5 Å². The molecule has 5 rings (SSSR count). The topological polar surface area (TPSA) is 70.3 Å². The molecule has 0 aliphatic heterocycles. The number of hydrogen-bond donors (Lipinski definition) is 1. The minimum absolute atomic E-state index is 0.0548. The maximum atomic E-state index is 9.08. The van der Waals surface area contributed by atoms with Gasteiger partial charge in [0.1, 0.15) is 5.65 Å². The number of nitrogens with zero attached hydrogens (tertiary/aromatic N) is 4. The van der Waals surface area contributed by atoms with E-state index in [1.165, 1.54) is 0 Å². The minimum Gasteiger partial charge on any atom is -0.346 e. The summed E-state index contributed by atoms with van der Waals surface area (Å²) in [5, 5.41) is 10.1. The second-order valence-corrected chi connectivity index (χ2v) is 8.75. The Balaban J connectivity index is 1.58. The molecule has 0 fully saturated rings. The van der Waals surface area contributed by atoms with Gasteiger partial charge in [0.05, 0.1) is 29.0 Å². The van der Waals surface area contributed by atoms with Crippen LogP contribution in [0.15, 0.2) is 67.3 Å². The van der Waals surface area contributed by atoms with Crippen LogP contribution in [0.1, 0.15) is 37.5 Å². The zero-order valence-corrected chi connectivity index (χ0v) is 18.1. The van der Waals surface area contributed by atoms with Gasteiger partial charge in [-0.15, -0.1) is 0 Å². The maximum absolute atomic E-state index is 9.08. The summed E-state index contributed by atoms with van der Waals surface area (Å²) in [7, 11) is 0. The van der Waals surface area contributed by atoms with E-state index in [0.717, 1.165) is 44.3 Å². The lowest BCUT2D eigenvalue weighted by Crippen LogP contribution is -2.20. The molecule has 5 heteroatoms. The van der Waals surface area contributed by atoms with Gasteiger partial charge in [0.25, 0.3) is 0 Å². The first-order valence-electron chi connectivity index (χ1n) is 10.4. The van der Waals surface area contributed by atoms with Crippen molar-refractivity contribution in [2.24, 2.45) is 0 Å². The Morgan fingerprint density at radius 3 is 2.56 bits per heavy atom. The Morgan fingerprint density at radius 1 is 0.938 bits per heavy atom. The molecule has 0 atom stereocenters. The summed E-state index contributed by atoms with van der Waals surface area (Å²) < 4.78 is 2.20. The molecule has 5 aromatic rings. The van der Waals surface area contributed by atoms with Gasteiger partial charge in [-0.3, -0.25) is 0 Å². The summed E-state index contributed by atoms with van der Waals surface area (Å²) in [5.74, 6) is 6.31. The van der Waals surface area contributed by atoms with Gasteiger partial charge in [-0.2, -0.15) is 5.26 Å². The van der Waals surface area contributed by atoms with Crippen molar-refractivity contribution in [3.8, 4) is 29.0 Å². The average Bonchev–Trinajstić information content (AvgIpc) is 3.41. The Labute approximate surface area is 186 Å². The van der Waals surface area contributed by atoms with Crippen molar-refractivity contribution in [3.05, 3.63) is 83.9 Å². The van der Waals surface area contributed by atoms with Crippen LogP contribution in [0.5, 0.6) is 0 Å². The highest BCUT2D eigenvalue weighted by Gasteiger charge is 2.17. The molecule has 3 heterocycles. The largest absolute Gasteiger partial charge is 0.346 e. The molecule has 3 aromatic heterocycles. The highest BCUT2D eigenvalue weighted by atomic mass is 15.1. The average molecular weight is 416 g/mol. The number of imidazole rings is 1. The first kappa shape index (κ1) is 19.6. The third-order valence-electron chi connectivity index (χ3n) is 5.45. The highest BCUT2D eigenvalue weighted by molar-refractivity contribution is 5.96. The van der Waals surface area contributed by atoms with E-state index in [-0.39, 0.29) is 5.54 Å². The van der Waals surface area contributed by atoms with Crippen molar-refractivity contribution in [2.45, 2.75) is 26.3 Å². The molecule has 5 nitrogen and oxygen atoms in total. The third kappa shape index (κ3) is 3.51. The molecule has 0 saturated carbocycles. The number of benzene rings is 2. The Morgan fingerprint density at radius 2 is 1.75 bits per heavy atom. The molecule has 0 radical (unpaired) electrons. The van der Waals surface area contributed by atoms with Crippen molar-refractivity contribution in [1.29, 1.82) is 5.26 Å². The molecule has 0 bridgehead atoms. The number of H-pyrrole nitrogens is 1. The lowest BCUT2D eigenvalue weighted by Gasteiger charge is -2.21. The third-order valence-corrected chi connectivity index (χ3v) is 5.45. The number of aromatic amines is 1. The van der Waals surface area contributed by atoms with Gasteiger partial charge in [-0.1, -0.05) is 24.0 Å². The number of nitrogens with one attached hydrogen (secondary N) is 1. The molecule has 0 spiro atoms. The molecule has 0 unspecified atom stereocenters. The molecular weight excluding hydrogens is 394 g/mol. The number of rotatable bonds is 1. The standard InChI is InChI=1S/C27H21N5/c1-27(2,3)32-17-31-24-10-9-21(13-25(24)32)23-16-30-26-22(23)12-20(15-29-26)8-7-18-5-4-6-19(11-18)14-28/h4-6,9-13,15-17H,1-3H3,(H,29,30). The number of pyridine rings is 1. The zero-order chi connectivity index (χ0) is 22.3. The SMILES string of the molecule is CC(C)(C)n1cnc2ccc(-c3c[nH]c4ncc(C#Cc5cccc(C#N)c5)cc34)cc21. The Bertz CT molecular complexity index is 1580. The van der Waals surface area contributed by atoms with Gasteiger partial charge < -0.3 is 9.55 Å². The summed E-state index contributed by atoms with van der Waals surface area (Å²) in [6, 6.07) is 17.8. The molecule has 0 saturated heterocycles. The van der Waals surface area contributed by atoms with E-state index in [1.54, 1.807) is 18.3 Å². The lowest BCUT2D eigenvalue weighted by molar-refractivity contribution is 0.408. The van der Waals surface area contributed by atoms with Crippen LogP contribution >= 0.6 is 0 Å². The minimum atomic E-state index is -0.0548. The fraction of sp³-hybridized carbons (Fsp3) is 0.148. The summed E-state index contributed by atoms with van der Waals surface area (Å²) in [4.78, 5) is 12.4. The molecular formula is C27H21N5. The van der Waals surface area contributed by atoms with Crippen LogP contribution < -0.4 is 0 Å². The molecule has 2 aromatic carbocycles. The van der Waals surface area contributed by atoms with Gasteiger partial charge in [-0.05, 0) is 62.7 Å². The quantitative estimate of drug-likeness (QED) is 0.362. The Hall–Kier alpha value is -4.35. The smallest absolute Gasteiger partial charge is 0.137 e. The van der Waals surface area contributed by atoms with Crippen molar-refractivity contribution in [2.75, 3.05) is 0 Å². The van der Waals surface area contributed by atoms with Crippen LogP contribution in [0.3, 0.4) is 0 Å². The van der Waals surface area contributed by atoms with E-state index < -0.39 is 0 Å². The molecule has 1 N–H and O–H groups in total. The predicted octanol–water partition coefficient (Wildman–Crippen LogP) is 5.61. The molecule has 154 valence electrons. The highest BCUT2D eigenvalue weighted by Crippen LogP contribution is 2.31. The first-order valence-corrected chi connectivity index (χ1v) is 10.4. The Kier molecular flexibility index (Phi) is 4.54. The van der Waals surface area contributed by atoms with Crippen LogP contribution in [-0.4, -0.2) is 19.5 Å². The van der Waals surface area contributed by atoms with Gasteiger partial charge in [0.2, 0.25) is 0 Å². The van der Waals surface area contributed by atoms with Gasteiger partial charge in [0.15, 0.2) is 0 Å². The van der Waals surface area contributed by atoms with Gasteiger partial charge in [0, 0.05) is 40.0 Å².